The average Bonchev–Trinajstić information content (AvgIpc) is 3.31. The molecule has 1 aromatic heterocycles. The van der Waals surface area contributed by atoms with Crippen LogP contribution in [0.5, 0.6) is 0 Å². The van der Waals surface area contributed by atoms with Gasteiger partial charge in [0.25, 0.3) is 0 Å². The maximum atomic E-state index is 5.66. The van der Waals surface area contributed by atoms with E-state index < -0.39 is 0 Å². The van der Waals surface area contributed by atoms with Gasteiger partial charge in [-0.25, -0.2) is 9.98 Å². The largest absolute Gasteiger partial charge is 0.444 e. The maximum Gasteiger partial charge on any atom is 0.226 e. The van der Waals surface area contributed by atoms with Crippen LogP contribution in [0.25, 0.3) is 11.5 Å². The number of hydrogen-bond acceptors (Lipinski definition) is 5. The molecule has 182 valence electrons. The lowest BCUT2D eigenvalue weighted by molar-refractivity contribution is 0.0342. The molecule has 0 unspecified atom stereocenters. The Hall–Kier alpha value is -2.43. The number of oxazole rings is 1. The van der Waals surface area contributed by atoms with Gasteiger partial charge in [-0.1, -0.05) is 42.0 Å². The summed E-state index contributed by atoms with van der Waals surface area (Å²) in [6, 6.07) is 16.8. The molecular weight excluding hydrogens is 541 g/mol. The molecule has 1 fully saturated rings. The van der Waals surface area contributed by atoms with E-state index >= 15 is 0 Å². The third-order valence-corrected chi connectivity index (χ3v) is 5.55. The van der Waals surface area contributed by atoms with Crippen molar-refractivity contribution in [2.45, 2.75) is 33.5 Å². The molecule has 0 aliphatic carbocycles. The molecule has 1 saturated heterocycles. The van der Waals surface area contributed by atoms with Crippen LogP contribution < -0.4 is 10.6 Å². The SMILES string of the molecule is CCNC(=NCc1cccc(CN2CCOCC2)c1)NCc1coc(-c2ccc(C)cc2)n1.I. The van der Waals surface area contributed by atoms with Crippen molar-refractivity contribution in [2.24, 2.45) is 4.99 Å². The summed E-state index contributed by atoms with van der Waals surface area (Å²) < 4.78 is 11.1. The van der Waals surface area contributed by atoms with Gasteiger partial charge in [0.2, 0.25) is 5.89 Å². The predicted molar refractivity (Wildman–Crippen MR) is 146 cm³/mol. The topological polar surface area (TPSA) is 74.9 Å². The summed E-state index contributed by atoms with van der Waals surface area (Å²) in [5, 5.41) is 6.66. The number of halogens is 1. The fourth-order valence-corrected chi connectivity index (χ4v) is 3.75. The molecule has 2 N–H and O–H groups in total. The Morgan fingerprint density at radius 3 is 2.59 bits per heavy atom. The minimum atomic E-state index is 0. The number of aryl methyl sites for hydroxylation is 1. The van der Waals surface area contributed by atoms with E-state index in [1.165, 1.54) is 16.7 Å². The minimum absolute atomic E-state index is 0. The number of aliphatic imine (C=N–C) groups is 1. The molecular formula is C26H34IN5O2. The lowest BCUT2D eigenvalue weighted by atomic mass is 10.1. The van der Waals surface area contributed by atoms with Gasteiger partial charge >= 0.3 is 0 Å². The first-order valence-corrected chi connectivity index (χ1v) is 11.6. The molecule has 0 spiro atoms. The van der Waals surface area contributed by atoms with Gasteiger partial charge in [0.15, 0.2) is 5.96 Å². The summed E-state index contributed by atoms with van der Waals surface area (Å²) in [5.74, 6) is 1.39. The molecule has 34 heavy (non-hydrogen) atoms. The first-order valence-electron chi connectivity index (χ1n) is 11.6. The molecule has 0 radical (unpaired) electrons. The van der Waals surface area contributed by atoms with Crippen LogP contribution in [0.3, 0.4) is 0 Å². The van der Waals surface area contributed by atoms with E-state index in [1.807, 2.05) is 12.1 Å². The smallest absolute Gasteiger partial charge is 0.226 e. The number of nitrogens with one attached hydrogen (secondary N) is 2. The van der Waals surface area contributed by atoms with E-state index in [0.29, 0.717) is 19.0 Å². The van der Waals surface area contributed by atoms with Crippen LogP contribution in [0.2, 0.25) is 0 Å². The zero-order valence-electron chi connectivity index (χ0n) is 19.9. The number of nitrogens with zero attached hydrogens (tertiary/aromatic N) is 3. The Morgan fingerprint density at radius 2 is 1.82 bits per heavy atom. The van der Waals surface area contributed by atoms with E-state index in [4.69, 9.17) is 14.1 Å². The molecule has 1 aliphatic heterocycles. The van der Waals surface area contributed by atoms with Crippen molar-refractivity contribution in [1.82, 2.24) is 20.5 Å². The highest BCUT2D eigenvalue weighted by Crippen LogP contribution is 2.19. The van der Waals surface area contributed by atoms with Crippen LogP contribution in [0.1, 0.15) is 29.3 Å². The summed E-state index contributed by atoms with van der Waals surface area (Å²) in [5.41, 5.74) is 5.54. The second kappa shape index (κ2) is 13.5. The Balaban J connectivity index is 0.00000324. The molecule has 0 amide bonds. The second-order valence-electron chi connectivity index (χ2n) is 8.27. The quantitative estimate of drug-likeness (QED) is 0.236. The molecule has 2 aromatic carbocycles. The number of ether oxygens (including phenoxy) is 1. The van der Waals surface area contributed by atoms with Crippen molar-refractivity contribution in [1.29, 1.82) is 0 Å². The Kier molecular flexibility index (Phi) is 10.4. The summed E-state index contributed by atoms with van der Waals surface area (Å²) in [6.07, 6.45) is 1.70. The highest BCUT2D eigenvalue weighted by Gasteiger charge is 2.11. The van der Waals surface area contributed by atoms with Crippen molar-refractivity contribution < 1.29 is 9.15 Å². The minimum Gasteiger partial charge on any atom is -0.444 e. The van der Waals surface area contributed by atoms with Gasteiger partial charge in [-0.2, -0.15) is 0 Å². The summed E-state index contributed by atoms with van der Waals surface area (Å²) in [6.45, 7) is 10.6. The van der Waals surface area contributed by atoms with Gasteiger partial charge in [-0.15, -0.1) is 24.0 Å². The van der Waals surface area contributed by atoms with E-state index in [0.717, 1.165) is 56.6 Å². The van der Waals surface area contributed by atoms with Gasteiger partial charge in [0, 0.05) is 31.7 Å². The Morgan fingerprint density at radius 1 is 1.06 bits per heavy atom. The van der Waals surface area contributed by atoms with E-state index in [2.05, 4.69) is 70.8 Å². The second-order valence-corrected chi connectivity index (χ2v) is 8.27. The molecule has 3 aromatic rings. The first kappa shape index (κ1) is 26.2. The van der Waals surface area contributed by atoms with E-state index in [-0.39, 0.29) is 24.0 Å². The summed E-state index contributed by atoms with van der Waals surface area (Å²) in [7, 11) is 0. The van der Waals surface area contributed by atoms with Crippen LogP contribution in [0, 0.1) is 6.92 Å². The molecule has 1 aliphatic rings. The third-order valence-electron chi connectivity index (χ3n) is 5.55. The maximum absolute atomic E-state index is 5.66. The Bertz CT molecular complexity index is 1050. The van der Waals surface area contributed by atoms with Gasteiger partial charge in [-0.3, -0.25) is 4.90 Å². The van der Waals surface area contributed by atoms with Crippen molar-refractivity contribution in [3.8, 4) is 11.5 Å². The molecule has 2 heterocycles. The van der Waals surface area contributed by atoms with Crippen LogP contribution in [-0.2, 0) is 24.4 Å². The fraction of sp³-hybridized carbons (Fsp3) is 0.385. The van der Waals surface area contributed by atoms with Gasteiger partial charge < -0.3 is 19.8 Å². The normalized spacial score (nSPS) is 14.5. The highest BCUT2D eigenvalue weighted by molar-refractivity contribution is 14.0. The summed E-state index contributed by atoms with van der Waals surface area (Å²) >= 11 is 0. The number of rotatable bonds is 8. The first-order chi connectivity index (χ1) is 16.2. The molecule has 4 rings (SSSR count). The third kappa shape index (κ3) is 7.82. The van der Waals surface area contributed by atoms with Gasteiger partial charge in [0.1, 0.15) is 6.26 Å². The summed E-state index contributed by atoms with van der Waals surface area (Å²) in [4.78, 5) is 11.8. The van der Waals surface area contributed by atoms with Crippen LogP contribution in [0.15, 0.2) is 64.2 Å². The average molecular weight is 575 g/mol. The van der Waals surface area contributed by atoms with Crippen molar-refractivity contribution in [2.75, 3.05) is 32.8 Å². The molecule has 0 bridgehead atoms. The standard InChI is InChI=1S/C26H33N5O2.HI/c1-3-27-26(29-17-24-19-33-25(30-24)23-9-7-20(2)8-10-23)28-16-21-5-4-6-22(15-21)18-31-11-13-32-14-12-31;/h4-10,15,19H,3,11-14,16-18H2,1-2H3,(H2,27,28,29);1H. The predicted octanol–water partition coefficient (Wildman–Crippen LogP) is 4.36. The number of aromatic nitrogens is 1. The van der Waals surface area contributed by atoms with Crippen molar-refractivity contribution in [3.63, 3.8) is 0 Å². The zero-order valence-corrected chi connectivity index (χ0v) is 22.2. The van der Waals surface area contributed by atoms with Crippen LogP contribution in [0.4, 0.5) is 0 Å². The van der Waals surface area contributed by atoms with Crippen molar-refractivity contribution >= 4 is 29.9 Å². The zero-order chi connectivity index (χ0) is 22.9. The lowest BCUT2D eigenvalue weighted by Gasteiger charge is -2.26. The number of benzene rings is 2. The monoisotopic (exact) mass is 575 g/mol. The number of morpholine rings is 1. The van der Waals surface area contributed by atoms with E-state index in [9.17, 15) is 0 Å². The fourth-order valence-electron chi connectivity index (χ4n) is 3.75. The molecule has 8 heteroatoms. The van der Waals surface area contributed by atoms with Gasteiger partial charge in [0.05, 0.1) is 32.0 Å². The molecule has 0 atom stereocenters. The van der Waals surface area contributed by atoms with Gasteiger partial charge in [-0.05, 0) is 37.1 Å². The van der Waals surface area contributed by atoms with Crippen molar-refractivity contribution in [3.05, 3.63) is 77.2 Å². The molecule has 7 nitrogen and oxygen atoms in total. The van der Waals surface area contributed by atoms with Crippen LogP contribution in [-0.4, -0.2) is 48.7 Å². The lowest BCUT2D eigenvalue weighted by Crippen LogP contribution is -2.36. The molecule has 0 saturated carbocycles. The number of guanidine groups is 1. The number of hydrogen-bond donors (Lipinski definition) is 2. The Labute approximate surface area is 219 Å². The highest BCUT2D eigenvalue weighted by atomic mass is 127. The van der Waals surface area contributed by atoms with E-state index in [1.54, 1.807) is 6.26 Å². The van der Waals surface area contributed by atoms with Crippen LogP contribution >= 0.6 is 24.0 Å².